The Labute approximate surface area is 174 Å². The maximum atomic E-state index is 12.7. The molecular formula is C22H17F6N3. The molecule has 31 heavy (non-hydrogen) atoms. The first-order valence-electron chi connectivity index (χ1n) is 9.17. The molecule has 2 aromatic rings. The van der Waals surface area contributed by atoms with Crippen LogP contribution < -0.4 is 0 Å². The van der Waals surface area contributed by atoms with Crippen LogP contribution in [0.25, 0.3) is 0 Å². The van der Waals surface area contributed by atoms with E-state index in [9.17, 15) is 26.3 Å². The van der Waals surface area contributed by atoms with Crippen LogP contribution in [0.4, 0.5) is 37.7 Å². The molecule has 0 fully saturated rings. The summed E-state index contributed by atoms with van der Waals surface area (Å²) in [5, 5.41) is 0. The van der Waals surface area contributed by atoms with Gasteiger partial charge in [0, 0.05) is 6.42 Å². The number of allylic oxidation sites excluding steroid dienone is 2. The number of benzene rings is 2. The first-order valence-corrected chi connectivity index (χ1v) is 9.17. The van der Waals surface area contributed by atoms with Crippen LogP contribution in [0.1, 0.15) is 31.4 Å². The third kappa shape index (κ3) is 5.68. The molecule has 0 aliphatic carbocycles. The molecule has 1 aliphatic heterocycles. The van der Waals surface area contributed by atoms with Crippen LogP contribution in [0.2, 0.25) is 0 Å². The molecule has 0 unspecified atom stereocenters. The van der Waals surface area contributed by atoms with E-state index in [2.05, 4.69) is 15.0 Å². The van der Waals surface area contributed by atoms with Gasteiger partial charge < -0.3 is 0 Å². The maximum absolute atomic E-state index is 12.7. The fourth-order valence-corrected chi connectivity index (χ4v) is 2.85. The van der Waals surface area contributed by atoms with Crippen molar-refractivity contribution in [1.29, 1.82) is 0 Å². The van der Waals surface area contributed by atoms with Crippen LogP contribution in [0.5, 0.6) is 0 Å². The van der Waals surface area contributed by atoms with Gasteiger partial charge in [0.15, 0.2) is 0 Å². The van der Waals surface area contributed by atoms with Crippen LogP contribution in [0, 0.1) is 0 Å². The molecule has 9 heteroatoms. The summed E-state index contributed by atoms with van der Waals surface area (Å²) in [6.45, 7) is 3.40. The van der Waals surface area contributed by atoms with Gasteiger partial charge in [-0.05, 0) is 62.4 Å². The molecule has 0 N–H and O–H groups in total. The van der Waals surface area contributed by atoms with Crippen molar-refractivity contribution in [3.8, 4) is 0 Å². The molecule has 0 atom stereocenters. The zero-order valence-corrected chi connectivity index (χ0v) is 16.5. The second kappa shape index (κ2) is 8.49. The van der Waals surface area contributed by atoms with Gasteiger partial charge in [0.25, 0.3) is 0 Å². The molecule has 0 amide bonds. The number of rotatable bonds is 4. The molecular weight excluding hydrogens is 420 g/mol. The molecule has 0 spiro atoms. The Balaban J connectivity index is 1.73. The number of alkyl halides is 6. The largest absolute Gasteiger partial charge is 0.416 e. The van der Waals surface area contributed by atoms with Gasteiger partial charge in [-0.15, -0.1) is 0 Å². The monoisotopic (exact) mass is 437 g/mol. The third-order valence-electron chi connectivity index (χ3n) is 4.52. The second-order valence-corrected chi connectivity index (χ2v) is 6.84. The van der Waals surface area contributed by atoms with Gasteiger partial charge in [-0.1, -0.05) is 6.08 Å². The summed E-state index contributed by atoms with van der Waals surface area (Å²) < 4.78 is 75.9. The van der Waals surface area contributed by atoms with Crippen LogP contribution >= 0.6 is 0 Å². The van der Waals surface area contributed by atoms with Crippen LogP contribution in [0.3, 0.4) is 0 Å². The quantitative estimate of drug-likeness (QED) is 0.355. The molecule has 1 aliphatic rings. The highest BCUT2D eigenvalue weighted by atomic mass is 19.4. The summed E-state index contributed by atoms with van der Waals surface area (Å²) in [4.78, 5) is 13.1. The first-order chi connectivity index (χ1) is 14.4. The summed E-state index contributed by atoms with van der Waals surface area (Å²) in [5.74, 6) is 0. The molecule has 0 aromatic heterocycles. The first kappa shape index (κ1) is 22.5. The predicted molar refractivity (Wildman–Crippen MR) is 109 cm³/mol. The zero-order chi connectivity index (χ0) is 22.8. The Kier molecular flexibility index (Phi) is 6.15. The zero-order valence-electron chi connectivity index (χ0n) is 16.5. The lowest BCUT2D eigenvalue weighted by molar-refractivity contribution is -0.138. The van der Waals surface area contributed by atoms with Gasteiger partial charge in [-0.25, -0.2) is 4.99 Å². The number of aliphatic imine (C=N–C) groups is 3. The smallest absolute Gasteiger partial charge is 0.252 e. The van der Waals surface area contributed by atoms with Crippen molar-refractivity contribution in [2.75, 3.05) is 0 Å². The number of nitrogens with zero attached hydrogens (tertiary/aromatic N) is 3. The Bertz CT molecular complexity index is 1070. The normalized spacial score (nSPS) is 15.7. The van der Waals surface area contributed by atoms with E-state index in [1.807, 2.05) is 6.08 Å². The lowest BCUT2D eigenvalue weighted by Crippen LogP contribution is -2.07. The molecule has 162 valence electrons. The van der Waals surface area contributed by atoms with Crippen molar-refractivity contribution in [2.24, 2.45) is 15.0 Å². The van der Waals surface area contributed by atoms with Gasteiger partial charge in [0.2, 0.25) is 0 Å². The predicted octanol–water partition coefficient (Wildman–Crippen LogP) is 7.34. The van der Waals surface area contributed by atoms with Crippen LogP contribution in [-0.2, 0) is 12.4 Å². The topological polar surface area (TPSA) is 37.1 Å². The highest BCUT2D eigenvalue weighted by Crippen LogP contribution is 2.31. The second-order valence-electron chi connectivity index (χ2n) is 6.84. The van der Waals surface area contributed by atoms with E-state index in [0.29, 0.717) is 40.6 Å². The minimum Gasteiger partial charge on any atom is -0.252 e. The summed E-state index contributed by atoms with van der Waals surface area (Å²) in [6, 6.07) is 8.99. The van der Waals surface area contributed by atoms with E-state index in [4.69, 9.17) is 0 Å². The van der Waals surface area contributed by atoms with Crippen molar-refractivity contribution in [2.45, 2.75) is 32.6 Å². The minimum atomic E-state index is -4.41. The van der Waals surface area contributed by atoms with E-state index in [1.165, 1.54) is 24.3 Å². The van der Waals surface area contributed by atoms with Gasteiger partial charge in [-0.3, -0.25) is 9.98 Å². The van der Waals surface area contributed by atoms with E-state index in [-0.39, 0.29) is 0 Å². The lowest BCUT2D eigenvalue weighted by Gasteiger charge is -2.06. The van der Waals surface area contributed by atoms with E-state index in [0.717, 1.165) is 24.3 Å². The molecule has 0 radical (unpaired) electrons. The molecule has 0 saturated heterocycles. The molecule has 0 bridgehead atoms. The van der Waals surface area contributed by atoms with E-state index in [1.54, 1.807) is 13.8 Å². The van der Waals surface area contributed by atoms with Crippen molar-refractivity contribution >= 4 is 28.5 Å². The highest BCUT2D eigenvalue weighted by molar-refractivity contribution is 6.43. The van der Waals surface area contributed by atoms with Crippen molar-refractivity contribution in [3.05, 3.63) is 71.4 Å². The maximum Gasteiger partial charge on any atom is 0.416 e. The number of halogens is 6. The minimum absolute atomic E-state index is 0.366. The Hall–Kier alpha value is -3.23. The standard InChI is InChI=1S/C22H17F6N3/c1-13(29-17-7-3-15(4-8-17)21(23,24)25)19-11-12-20(31-19)14(2)30-18-9-5-16(6-10-18)22(26,27)28/h3-11H,12H2,1-2H3. The lowest BCUT2D eigenvalue weighted by atomic mass is 10.1. The van der Waals surface area contributed by atoms with Gasteiger partial charge in [0.1, 0.15) is 0 Å². The van der Waals surface area contributed by atoms with Gasteiger partial charge in [-0.2, -0.15) is 26.3 Å². The summed E-state index contributed by atoms with van der Waals surface area (Å²) in [6.07, 6.45) is -6.54. The van der Waals surface area contributed by atoms with E-state index >= 15 is 0 Å². The Morgan fingerprint density at radius 3 is 1.55 bits per heavy atom. The molecule has 0 saturated carbocycles. The SMILES string of the molecule is CC(=Nc1ccc(C(F)(F)F)cc1)C1=CCC(C(C)=Nc2ccc(C(F)(F)F)cc2)=N1. The third-order valence-corrected chi connectivity index (χ3v) is 4.52. The molecule has 2 aromatic carbocycles. The number of hydrogen-bond donors (Lipinski definition) is 0. The Morgan fingerprint density at radius 2 is 1.13 bits per heavy atom. The van der Waals surface area contributed by atoms with Crippen LogP contribution in [-0.4, -0.2) is 17.1 Å². The Morgan fingerprint density at radius 1 is 0.710 bits per heavy atom. The van der Waals surface area contributed by atoms with E-state index < -0.39 is 23.5 Å². The summed E-state index contributed by atoms with van der Waals surface area (Å²) >= 11 is 0. The molecule has 3 nitrogen and oxygen atoms in total. The summed E-state index contributed by atoms with van der Waals surface area (Å²) in [5.41, 5.74) is 1.52. The van der Waals surface area contributed by atoms with Crippen molar-refractivity contribution in [1.82, 2.24) is 0 Å². The average Bonchev–Trinajstić information content (AvgIpc) is 3.18. The number of hydrogen-bond acceptors (Lipinski definition) is 3. The van der Waals surface area contributed by atoms with Gasteiger partial charge in [0.05, 0.1) is 45.3 Å². The summed E-state index contributed by atoms with van der Waals surface area (Å²) in [7, 11) is 0. The highest BCUT2D eigenvalue weighted by Gasteiger charge is 2.30. The van der Waals surface area contributed by atoms with Crippen molar-refractivity contribution < 1.29 is 26.3 Å². The molecule has 3 rings (SSSR count). The fraction of sp³-hybridized carbons (Fsp3) is 0.227. The molecule has 1 heterocycles. The van der Waals surface area contributed by atoms with Gasteiger partial charge >= 0.3 is 12.4 Å². The van der Waals surface area contributed by atoms with Crippen LogP contribution in [0.15, 0.2) is 75.3 Å². The fourth-order valence-electron chi connectivity index (χ4n) is 2.85. The average molecular weight is 437 g/mol. The van der Waals surface area contributed by atoms with Crippen molar-refractivity contribution in [3.63, 3.8) is 0 Å².